The standard InChI is InChI=1S/C23H21N5O2/c1-30-23-8-6-18(12-25-23)16-4-2-3-15(9-16)10-22(29)28-21-7-5-17(11-20(21)24)19-13-26-27-14-19/h2-9,11-14H,10,24H2,1H3,(H,26,27)(H,28,29). The molecule has 0 spiro atoms. The molecule has 4 N–H and O–H groups in total. The number of aromatic nitrogens is 3. The molecule has 2 heterocycles. The summed E-state index contributed by atoms with van der Waals surface area (Å²) in [6.45, 7) is 0. The molecule has 4 rings (SSSR count). The van der Waals surface area contributed by atoms with Crippen LogP contribution in [-0.4, -0.2) is 28.2 Å². The van der Waals surface area contributed by atoms with Crippen LogP contribution in [0, 0.1) is 0 Å². The van der Waals surface area contributed by atoms with E-state index in [0.29, 0.717) is 17.3 Å². The van der Waals surface area contributed by atoms with Gasteiger partial charge in [0, 0.05) is 29.6 Å². The number of nitrogens with zero attached hydrogens (tertiary/aromatic N) is 2. The average Bonchev–Trinajstić information content (AvgIpc) is 3.30. The van der Waals surface area contributed by atoms with Crippen LogP contribution in [0.15, 0.2) is 73.2 Å². The molecule has 0 unspecified atom stereocenters. The van der Waals surface area contributed by atoms with Crippen molar-refractivity contribution in [1.29, 1.82) is 0 Å². The quantitative estimate of drug-likeness (QED) is 0.426. The number of amides is 1. The first-order chi connectivity index (χ1) is 14.6. The number of aromatic amines is 1. The molecule has 0 radical (unpaired) electrons. The third-order valence-electron chi connectivity index (χ3n) is 4.73. The van der Waals surface area contributed by atoms with Crippen LogP contribution < -0.4 is 15.8 Å². The van der Waals surface area contributed by atoms with Gasteiger partial charge in [-0.05, 0) is 34.9 Å². The smallest absolute Gasteiger partial charge is 0.228 e. The molecule has 0 atom stereocenters. The fourth-order valence-electron chi connectivity index (χ4n) is 3.18. The van der Waals surface area contributed by atoms with Gasteiger partial charge in [-0.3, -0.25) is 9.89 Å². The van der Waals surface area contributed by atoms with E-state index in [-0.39, 0.29) is 12.3 Å². The van der Waals surface area contributed by atoms with E-state index in [0.717, 1.165) is 27.8 Å². The van der Waals surface area contributed by atoms with Crippen molar-refractivity contribution in [2.24, 2.45) is 0 Å². The van der Waals surface area contributed by atoms with Gasteiger partial charge >= 0.3 is 0 Å². The fourth-order valence-corrected chi connectivity index (χ4v) is 3.18. The molecule has 2 aromatic heterocycles. The molecule has 0 fully saturated rings. The molecular formula is C23H21N5O2. The molecular weight excluding hydrogens is 378 g/mol. The van der Waals surface area contributed by atoms with Crippen molar-refractivity contribution in [2.75, 3.05) is 18.2 Å². The van der Waals surface area contributed by atoms with Crippen LogP contribution in [-0.2, 0) is 11.2 Å². The lowest BCUT2D eigenvalue weighted by Gasteiger charge is -2.10. The van der Waals surface area contributed by atoms with Crippen molar-refractivity contribution in [3.63, 3.8) is 0 Å². The summed E-state index contributed by atoms with van der Waals surface area (Å²) < 4.78 is 5.10. The number of carbonyl (C=O) groups is 1. The molecule has 0 saturated heterocycles. The van der Waals surface area contributed by atoms with Crippen molar-refractivity contribution in [2.45, 2.75) is 6.42 Å². The number of anilines is 2. The highest BCUT2D eigenvalue weighted by Crippen LogP contribution is 2.27. The Morgan fingerprint density at radius 2 is 1.87 bits per heavy atom. The zero-order chi connectivity index (χ0) is 20.9. The summed E-state index contributed by atoms with van der Waals surface area (Å²) in [5.74, 6) is 0.424. The molecule has 150 valence electrons. The number of pyridine rings is 1. The van der Waals surface area contributed by atoms with Gasteiger partial charge in [0.25, 0.3) is 0 Å². The first-order valence-electron chi connectivity index (χ1n) is 9.40. The van der Waals surface area contributed by atoms with Crippen molar-refractivity contribution in [3.05, 3.63) is 78.8 Å². The van der Waals surface area contributed by atoms with Gasteiger partial charge < -0.3 is 15.8 Å². The number of nitrogens with one attached hydrogen (secondary N) is 2. The van der Waals surface area contributed by atoms with Crippen LogP contribution >= 0.6 is 0 Å². The monoisotopic (exact) mass is 399 g/mol. The SMILES string of the molecule is COc1ccc(-c2cccc(CC(=O)Nc3ccc(-c4cn[nH]c4)cc3N)c2)cn1. The van der Waals surface area contributed by atoms with E-state index in [1.54, 1.807) is 31.8 Å². The Hall–Kier alpha value is -4.13. The van der Waals surface area contributed by atoms with Crippen molar-refractivity contribution in [1.82, 2.24) is 15.2 Å². The maximum atomic E-state index is 12.6. The predicted octanol–water partition coefficient (Wildman–Crippen LogP) is 3.91. The number of carbonyl (C=O) groups excluding carboxylic acids is 1. The molecule has 0 aliphatic heterocycles. The third kappa shape index (κ3) is 4.30. The predicted molar refractivity (Wildman–Crippen MR) is 117 cm³/mol. The van der Waals surface area contributed by atoms with Crippen LogP contribution in [0.1, 0.15) is 5.56 Å². The van der Waals surface area contributed by atoms with Crippen LogP contribution in [0.3, 0.4) is 0 Å². The molecule has 2 aromatic carbocycles. The van der Waals surface area contributed by atoms with Gasteiger partial charge in [0.2, 0.25) is 11.8 Å². The average molecular weight is 399 g/mol. The molecule has 4 aromatic rings. The maximum Gasteiger partial charge on any atom is 0.228 e. The lowest BCUT2D eigenvalue weighted by molar-refractivity contribution is -0.115. The Labute approximate surface area is 173 Å². The number of hydrogen-bond donors (Lipinski definition) is 3. The van der Waals surface area contributed by atoms with Crippen LogP contribution in [0.4, 0.5) is 11.4 Å². The maximum absolute atomic E-state index is 12.6. The molecule has 30 heavy (non-hydrogen) atoms. The summed E-state index contributed by atoms with van der Waals surface area (Å²) in [6, 6.07) is 17.1. The second-order valence-electron chi connectivity index (χ2n) is 6.80. The van der Waals surface area contributed by atoms with E-state index in [1.807, 2.05) is 48.5 Å². The fraction of sp³-hybridized carbons (Fsp3) is 0.0870. The molecule has 1 amide bonds. The lowest BCUT2D eigenvalue weighted by Crippen LogP contribution is -2.15. The summed E-state index contributed by atoms with van der Waals surface area (Å²) in [7, 11) is 1.58. The van der Waals surface area contributed by atoms with Gasteiger partial charge in [-0.1, -0.05) is 30.3 Å². The number of rotatable bonds is 6. The minimum absolute atomic E-state index is 0.136. The van der Waals surface area contributed by atoms with Gasteiger partial charge in [0.1, 0.15) is 0 Å². The van der Waals surface area contributed by atoms with E-state index in [4.69, 9.17) is 10.5 Å². The van der Waals surface area contributed by atoms with Gasteiger partial charge in [0.15, 0.2) is 0 Å². The molecule has 7 nitrogen and oxygen atoms in total. The van der Waals surface area contributed by atoms with Crippen LogP contribution in [0.2, 0.25) is 0 Å². The summed E-state index contributed by atoms with van der Waals surface area (Å²) >= 11 is 0. The third-order valence-corrected chi connectivity index (χ3v) is 4.73. The Balaban J connectivity index is 1.45. The van der Waals surface area contributed by atoms with E-state index in [1.165, 1.54) is 0 Å². The summed E-state index contributed by atoms with van der Waals surface area (Å²) in [4.78, 5) is 16.8. The minimum Gasteiger partial charge on any atom is -0.481 e. The van der Waals surface area contributed by atoms with E-state index >= 15 is 0 Å². The largest absolute Gasteiger partial charge is 0.481 e. The van der Waals surface area contributed by atoms with Crippen molar-refractivity contribution >= 4 is 17.3 Å². The van der Waals surface area contributed by atoms with E-state index in [9.17, 15) is 4.79 Å². The highest BCUT2D eigenvalue weighted by molar-refractivity contribution is 5.96. The zero-order valence-electron chi connectivity index (χ0n) is 16.4. The topological polar surface area (TPSA) is 106 Å². The summed E-state index contributed by atoms with van der Waals surface area (Å²) in [5.41, 5.74) is 11.9. The number of nitrogens with two attached hydrogens (primary N) is 1. The van der Waals surface area contributed by atoms with Gasteiger partial charge in [0.05, 0.1) is 31.1 Å². The molecule has 7 heteroatoms. The van der Waals surface area contributed by atoms with E-state index in [2.05, 4.69) is 20.5 Å². The number of benzene rings is 2. The van der Waals surface area contributed by atoms with Crippen LogP contribution in [0.5, 0.6) is 5.88 Å². The van der Waals surface area contributed by atoms with Gasteiger partial charge in [-0.15, -0.1) is 0 Å². The normalized spacial score (nSPS) is 10.6. The lowest BCUT2D eigenvalue weighted by atomic mass is 10.0. The second-order valence-corrected chi connectivity index (χ2v) is 6.80. The van der Waals surface area contributed by atoms with Crippen molar-refractivity contribution in [3.8, 4) is 28.1 Å². The number of ether oxygens (including phenoxy) is 1. The van der Waals surface area contributed by atoms with Crippen molar-refractivity contribution < 1.29 is 9.53 Å². The number of H-pyrrole nitrogens is 1. The Morgan fingerprint density at radius 3 is 2.57 bits per heavy atom. The second kappa shape index (κ2) is 8.48. The number of hydrogen-bond acceptors (Lipinski definition) is 5. The van der Waals surface area contributed by atoms with Gasteiger partial charge in [-0.2, -0.15) is 5.10 Å². The Bertz CT molecular complexity index is 1150. The summed E-state index contributed by atoms with van der Waals surface area (Å²) in [5, 5.41) is 9.60. The highest BCUT2D eigenvalue weighted by atomic mass is 16.5. The molecule has 0 aliphatic carbocycles. The van der Waals surface area contributed by atoms with E-state index < -0.39 is 0 Å². The Kier molecular flexibility index (Phi) is 5.43. The summed E-state index contributed by atoms with van der Waals surface area (Å²) in [6.07, 6.45) is 5.50. The van der Waals surface area contributed by atoms with Gasteiger partial charge in [-0.25, -0.2) is 4.98 Å². The molecule has 0 aliphatic rings. The first-order valence-corrected chi connectivity index (χ1v) is 9.40. The first kappa shape index (κ1) is 19.2. The number of methoxy groups -OCH3 is 1. The molecule has 0 saturated carbocycles. The number of nitrogen functional groups attached to an aromatic ring is 1. The zero-order valence-corrected chi connectivity index (χ0v) is 16.4. The van der Waals surface area contributed by atoms with Crippen LogP contribution in [0.25, 0.3) is 22.3 Å². The highest BCUT2D eigenvalue weighted by Gasteiger charge is 2.09. The Morgan fingerprint density at radius 1 is 1.03 bits per heavy atom. The molecule has 0 bridgehead atoms. The minimum atomic E-state index is -0.136.